The van der Waals surface area contributed by atoms with Crippen LogP contribution in [-0.2, 0) is 4.79 Å². The Kier molecular flexibility index (Phi) is 5.43. The number of halogens is 1. The van der Waals surface area contributed by atoms with E-state index in [4.69, 9.17) is 4.74 Å². The number of carbonyl (C=O) groups is 1. The SMILES string of the molecule is CCOc1ccccc1C=CC(=O)Nc1ccc(-n2ccnc2)c(F)c1. The third-order valence-corrected chi connectivity index (χ3v) is 3.63. The molecule has 1 N–H and O–H groups in total. The summed E-state index contributed by atoms with van der Waals surface area (Å²) in [6.07, 6.45) is 7.78. The normalized spacial score (nSPS) is 10.8. The van der Waals surface area contributed by atoms with Crippen molar-refractivity contribution in [3.8, 4) is 11.4 Å². The minimum atomic E-state index is -0.452. The van der Waals surface area contributed by atoms with Gasteiger partial charge >= 0.3 is 0 Å². The molecular formula is C20H18FN3O2. The van der Waals surface area contributed by atoms with Gasteiger partial charge in [0, 0.05) is 29.7 Å². The van der Waals surface area contributed by atoms with Crippen LogP contribution in [-0.4, -0.2) is 22.1 Å². The zero-order valence-corrected chi connectivity index (χ0v) is 14.2. The minimum absolute atomic E-state index is 0.355. The third kappa shape index (κ3) is 4.16. The molecule has 0 saturated heterocycles. The van der Waals surface area contributed by atoms with Crippen LogP contribution in [0.1, 0.15) is 12.5 Å². The predicted molar refractivity (Wildman–Crippen MR) is 98.8 cm³/mol. The van der Waals surface area contributed by atoms with Crippen LogP contribution in [0.15, 0.2) is 67.3 Å². The first-order valence-corrected chi connectivity index (χ1v) is 8.16. The molecule has 0 radical (unpaired) electrons. The number of anilines is 1. The van der Waals surface area contributed by atoms with Crippen LogP contribution in [0.25, 0.3) is 11.8 Å². The summed E-state index contributed by atoms with van der Waals surface area (Å²) in [5.74, 6) is -0.104. The van der Waals surface area contributed by atoms with Gasteiger partial charge in [-0.15, -0.1) is 0 Å². The Bertz CT molecular complexity index is 921. The van der Waals surface area contributed by atoms with Gasteiger partial charge in [-0.3, -0.25) is 4.79 Å². The number of amides is 1. The van der Waals surface area contributed by atoms with E-state index in [2.05, 4.69) is 10.3 Å². The molecule has 6 heteroatoms. The molecule has 0 bridgehead atoms. The second-order valence-electron chi connectivity index (χ2n) is 5.43. The van der Waals surface area contributed by atoms with Crippen LogP contribution < -0.4 is 10.1 Å². The van der Waals surface area contributed by atoms with Gasteiger partial charge in [0.05, 0.1) is 18.6 Å². The fourth-order valence-electron chi connectivity index (χ4n) is 2.45. The van der Waals surface area contributed by atoms with Crippen LogP contribution in [0.2, 0.25) is 0 Å². The maximum Gasteiger partial charge on any atom is 0.248 e. The van der Waals surface area contributed by atoms with Crippen LogP contribution in [0.5, 0.6) is 5.75 Å². The van der Waals surface area contributed by atoms with Gasteiger partial charge in [-0.25, -0.2) is 9.37 Å². The van der Waals surface area contributed by atoms with Gasteiger partial charge in [0.15, 0.2) is 0 Å². The van der Waals surface area contributed by atoms with E-state index < -0.39 is 5.82 Å². The van der Waals surface area contributed by atoms with E-state index in [-0.39, 0.29) is 5.91 Å². The molecule has 2 aromatic carbocycles. The lowest BCUT2D eigenvalue weighted by atomic mass is 10.2. The topological polar surface area (TPSA) is 56.1 Å². The van der Waals surface area contributed by atoms with E-state index in [0.29, 0.717) is 23.7 Å². The molecule has 0 aliphatic rings. The molecule has 0 spiro atoms. The molecule has 1 amide bonds. The van der Waals surface area contributed by atoms with Crippen molar-refractivity contribution in [3.63, 3.8) is 0 Å². The molecule has 1 aromatic heterocycles. The van der Waals surface area contributed by atoms with Crippen molar-refractivity contribution in [2.24, 2.45) is 0 Å². The number of nitrogens with one attached hydrogen (secondary N) is 1. The first-order chi connectivity index (χ1) is 12.7. The average Bonchev–Trinajstić information content (AvgIpc) is 3.16. The molecule has 5 nitrogen and oxygen atoms in total. The van der Waals surface area contributed by atoms with E-state index in [9.17, 15) is 9.18 Å². The summed E-state index contributed by atoms with van der Waals surface area (Å²) in [5, 5.41) is 2.65. The summed E-state index contributed by atoms with van der Waals surface area (Å²) in [6.45, 7) is 2.44. The number of hydrogen-bond donors (Lipinski definition) is 1. The maximum absolute atomic E-state index is 14.2. The fraction of sp³-hybridized carbons (Fsp3) is 0.100. The number of nitrogens with zero attached hydrogens (tertiary/aromatic N) is 2. The molecule has 0 atom stereocenters. The monoisotopic (exact) mass is 351 g/mol. The fourth-order valence-corrected chi connectivity index (χ4v) is 2.45. The summed E-state index contributed by atoms with van der Waals surface area (Å²) in [7, 11) is 0. The van der Waals surface area contributed by atoms with Crippen LogP contribution in [0.3, 0.4) is 0 Å². The number of carbonyl (C=O) groups excluding carboxylic acids is 1. The number of ether oxygens (including phenoxy) is 1. The summed E-state index contributed by atoms with van der Waals surface area (Å²) in [5.41, 5.74) is 1.53. The van der Waals surface area contributed by atoms with Gasteiger partial charge in [0.1, 0.15) is 11.6 Å². The van der Waals surface area contributed by atoms with Gasteiger partial charge in [0.25, 0.3) is 0 Å². The van der Waals surface area contributed by atoms with Crippen molar-refractivity contribution in [2.45, 2.75) is 6.92 Å². The zero-order valence-electron chi connectivity index (χ0n) is 14.2. The molecule has 132 valence electrons. The largest absolute Gasteiger partial charge is 0.493 e. The van der Waals surface area contributed by atoms with E-state index in [1.807, 2.05) is 31.2 Å². The first kappa shape index (κ1) is 17.4. The Morgan fingerprint density at radius 2 is 2.15 bits per heavy atom. The lowest BCUT2D eigenvalue weighted by Gasteiger charge is -2.08. The van der Waals surface area contributed by atoms with Crippen molar-refractivity contribution in [1.29, 1.82) is 0 Å². The number of benzene rings is 2. The Labute approximate surface area is 150 Å². The first-order valence-electron chi connectivity index (χ1n) is 8.16. The van der Waals surface area contributed by atoms with E-state index >= 15 is 0 Å². The molecule has 0 aliphatic heterocycles. The highest BCUT2D eigenvalue weighted by Crippen LogP contribution is 2.20. The maximum atomic E-state index is 14.2. The zero-order chi connectivity index (χ0) is 18.4. The van der Waals surface area contributed by atoms with Gasteiger partial charge < -0.3 is 14.6 Å². The lowest BCUT2D eigenvalue weighted by molar-refractivity contribution is -0.111. The van der Waals surface area contributed by atoms with Crippen molar-refractivity contribution >= 4 is 17.7 Å². The smallest absolute Gasteiger partial charge is 0.248 e. The van der Waals surface area contributed by atoms with Gasteiger partial charge in [-0.1, -0.05) is 18.2 Å². The molecule has 3 aromatic rings. The van der Waals surface area contributed by atoms with Gasteiger partial charge in [0.2, 0.25) is 5.91 Å². The molecule has 0 saturated carbocycles. The van der Waals surface area contributed by atoms with Crippen molar-refractivity contribution in [1.82, 2.24) is 9.55 Å². The van der Waals surface area contributed by atoms with Crippen LogP contribution in [0.4, 0.5) is 10.1 Å². The molecule has 1 heterocycles. The molecule has 0 fully saturated rings. The number of rotatable bonds is 6. The molecule has 26 heavy (non-hydrogen) atoms. The summed E-state index contributed by atoms with van der Waals surface area (Å²) < 4.78 is 21.3. The molecule has 0 aliphatic carbocycles. The quantitative estimate of drug-likeness (QED) is 0.681. The average molecular weight is 351 g/mol. The van der Waals surface area contributed by atoms with E-state index in [0.717, 1.165) is 5.56 Å². The molecule has 3 rings (SSSR count). The van der Waals surface area contributed by atoms with Crippen molar-refractivity contribution in [2.75, 3.05) is 11.9 Å². The van der Waals surface area contributed by atoms with Crippen LogP contribution in [0, 0.1) is 5.82 Å². The predicted octanol–water partition coefficient (Wildman–Crippen LogP) is 4.06. The molecule has 0 unspecified atom stereocenters. The highest BCUT2D eigenvalue weighted by molar-refractivity contribution is 6.02. The standard InChI is InChI=1S/C20H18FN3O2/c1-2-26-19-6-4-3-5-15(19)7-10-20(25)23-16-8-9-18(17(21)13-16)24-12-11-22-14-24/h3-14H,2H2,1H3,(H,23,25). The summed E-state index contributed by atoms with van der Waals surface area (Å²) in [4.78, 5) is 16.0. The number of imidazole rings is 1. The van der Waals surface area contributed by atoms with Gasteiger partial charge in [-0.2, -0.15) is 0 Å². The second-order valence-corrected chi connectivity index (χ2v) is 5.43. The van der Waals surface area contributed by atoms with E-state index in [1.54, 1.807) is 35.2 Å². The highest BCUT2D eigenvalue weighted by Gasteiger charge is 2.07. The van der Waals surface area contributed by atoms with Crippen molar-refractivity contribution < 1.29 is 13.9 Å². The Morgan fingerprint density at radius 1 is 1.31 bits per heavy atom. The highest BCUT2D eigenvalue weighted by atomic mass is 19.1. The number of para-hydroxylation sites is 1. The summed E-state index contributed by atoms with van der Waals surface area (Å²) >= 11 is 0. The lowest BCUT2D eigenvalue weighted by Crippen LogP contribution is -2.08. The van der Waals surface area contributed by atoms with Crippen molar-refractivity contribution in [3.05, 3.63) is 78.6 Å². The van der Waals surface area contributed by atoms with E-state index in [1.165, 1.54) is 18.5 Å². The minimum Gasteiger partial charge on any atom is -0.493 e. The Hall–Kier alpha value is -3.41. The Balaban J connectivity index is 1.70. The van der Waals surface area contributed by atoms with Crippen LogP contribution >= 0.6 is 0 Å². The summed E-state index contributed by atoms with van der Waals surface area (Å²) in [6, 6.07) is 11.9. The molecular weight excluding hydrogens is 333 g/mol. The number of aromatic nitrogens is 2. The second kappa shape index (κ2) is 8.11. The van der Waals surface area contributed by atoms with Gasteiger partial charge in [-0.05, 0) is 37.3 Å². The number of hydrogen-bond acceptors (Lipinski definition) is 3. The third-order valence-electron chi connectivity index (χ3n) is 3.63. The Morgan fingerprint density at radius 3 is 2.88 bits per heavy atom.